The van der Waals surface area contributed by atoms with E-state index >= 15 is 0 Å². The summed E-state index contributed by atoms with van der Waals surface area (Å²) in [5.41, 5.74) is 0. The summed E-state index contributed by atoms with van der Waals surface area (Å²) in [6.07, 6.45) is 0.00157. The van der Waals surface area contributed by atoms with Gasteiger partial charge in [0, 0.05) is 6.54 Å². The predicted molar refractivity (Wildman–Crippen MR) is 39.0 cm³/mol. The summed E-state index contributed by atoms with van der Waals surface area (Å²) in [5.74, 6) is -0.381. The number of carboxylic acid groups (broad SMARTS) is 1. The van der Waals surface area contributed by atoms with Gasteiger partial charge in [-0.15, -0.1) is 0 Å². The fourth-order valence-corrected chi connectivity index (χ4v) is 0.533. The molecule has 0 aliphatic carbocycles. The molecule has 0 aromatic carbocycles. The van der Waals surface area contributed by atoms with E-state index in [0.29, 0.717) is 0 Å². The Balaban J connectivity index is 3.43. The van der Waals surface area contributed by atoms with E-state index in [-0.39, 0.29) is 17.7 Å². The molecule has 0 rings (SSSR count). The molecule has 0 saturated heterocycles. The molecule has 0 aliphatic rings. The molecule has 58 valence electrons. The van der Waals surface area contributed by atoms with Crippen molar-refractivity contribution in [2.75, 3.05) is 11.9 Å². The lowest BCUT2D eigenvalue weighted by molar-refractivity contribution is 0.195. The number of hydrogen-bond donors (Lipinski definition) is 2. The summed E-state index contributed by atoms with van der Waals surface area (Å²) in [5, 5.41) is 10.1. The minimum absolute atomic E-state index is 0.00671. The summed E-state index contributed by atoms with van der Waals surface area (Å²) in [7, 11) is 0. The molecule has 3 nitrogen and oxygen atoms in total. The summed E-state index contributed by atoms with van der Waals surface area (Å²) < 4.78 is 12.2. The van der Waals surface area contributed by atoms with Crippen LogP contribution >= 0.6 is 15.9 Å². The molecule has 0 radical (unpaired) electrons. The third-order valence-electron chi connectivity index (χ3n) is 0.704. The van der Waals surface area contributed by atoms with E-state index < -0.39 is 6.09 Å². The molecule has 0 saturated carbocycles. The number of hydrogen-bond acceptors (Lipinski definition) is 1. The normalized spacial score (nSPS) is 11.2. The Morgan fingerprint density at radius 3 is 2.80 bits per heavy atom. The Morgan fingerprint density at radius 2 is 2.40 bits per heavy atom. The second-order valence-electron chi connectivity index (χ2n) is 1.47. The van der Waals surface area contributed by atoms with Crippen molar-refractivity contribution in [3.05, 3.63) is 11.9 Å². The second kappa shape index (κ2) is 5.22. The molecule has 0 aromatic heterocycles. The smallest absolute Gasteiger partial charge is 0.404 e. The third-order valence-corrected chi connectivity index (χ3v) is 1.24. The number of carbonyl (C=O) groups is 1. The fourth-order valence-electron chi connectivity index (χ4n) is 0.304. The molecule has 0 spiro atoms. The van der Waals surface area contributed by atoms with Crippen LogP contribution in [0.15, 0.2) is 11.9 Å². The van der Waals surface area contributed by atoms with Crippen LogP contribution in [0.25, 0.3) is 0 Å². The zero-order valence-corrected chi connectivity index (χ0v) is 6.69. The van der Waals surface area contributed by atoms with Gasteiger partial charge in [-0.3, -0.25) is 0 Å². The highest BCUT2D eigenvalue weighted by Crippen LogP contribution is 1.98. The first-order valence-corrected chi connectivity index (χ1v) is 3.66. The van der Waals surface area contributed by atoms with Crippen LogP contribution in [-0.4, -0.2) is 23.1 Å². The standard InChI is InChI=1S/C5H7BrFNO2/c6-3-4(7)1-2-8-5(9)10/h1,8H,2-3H2,(H,9,10). The first kappa shape index (κ1) is 9.42. The molecule has 1 amide bonds. The minimum Gasteiger partial charge on any atom is -0.465 e. The average molecular weight is 212 g/mol. The molecular formula is C5H7BrFNO2. The van der Waals surface area contributed by atoms with Crippen molar-refractivity contribution in [2.45, 2.75) is 0 Å². The van der Waals surface area contributed by atoms with E-state index in [1.807, 2.05) is 5.32 Å². The van der Waals surface area contributed by atoms with Crippen molar-refractivity contribution in [3.8, 4) is 0 Å². The maximum atomic E-state index is 12.2. The lowest BCUT2D eigenvalue weighted by Crippen LogP contribution is -2.20. The topological polar surface area (TPSA) is 49.3 Å². The van der Waals surface area contributed by atoms with Crippen molar-refractivity contribution in [1.82, 2.24) is 5.32 Å². The van der Waals surface area contributed by atoms with Gasteiger partial charge in [0.2, 0.25) is 0 Å². The second-order valence-corrected chi connectivity index (χ2v) is 2.03. The number of allylic oxidation sites excluding steroid dienone is 1. The number of rotatable bonds is 3. The number of nitrogens with one attached hydrogen (secondary N) is 1. The van der Waals surface area contributed by atoms with Gasteiger partial charge in [0.25, 0.3) is 0 Å². The summed E-state index contributed by atoms with van der Waals surface area (Å²) >= 11 is 2.86. The van der Waals surface area contributed by atoms with Crippen molar-refractivity contribution in [2.24, 2.45) is 0 Å². The molecule has 0 aliphatic heterocycles. The van der Waals surface area contributed by atoms with Crippen LogP contribution in [0.3, 0.4) is 0 Å². The Labute approximate surface area is 66.0 Å². The van der Waals surface area contributed by atoms with E-state index in [9.17, 15) is 9.18 Å². The lowest BCUT2D eigenvalue weighted by atomic mass is 10.5. The number of alkyl halides is 1. The van der Waals surface area contributed by atoms with Crippen LogP contribution in [0.2, 0.25) is 0 Å². The van der Waals surface area contributed by atoms with Crippen LogP contribution in [0.4, 0.5) is 9.18 Å². The molecule has 0 bridgehead atoms. The molecule has 10 heavy (non-hydrogen) atoms. The van der Waals surface area contributed by atoms with E-state index in [4.69, 9.17) is 5.11 Å². The van der Waals surface area contributed by atoms with Gasteiger partial charge in [-0.2, -0.15) is 0 Å². The monoisotopic (exact) mass is 211 g/mol. The highest BCUT2D eigenvalue weighted by Gasteiger charge is 1.91. The number of halogens is 2. The van der Waals surface area contributed by atoms with E-state index in [1.165, 1.54) is 0 Å². The molecule has 0 heterocycles. The van der Waals surface area contributed by atoms with E-state index in [0.717, 1.165) is 6.08 Å². The molecule has 2 N–H and O–H groups in total. The van der Waals surface area contributed by atoms with Gasteiger partial charge in [-0.1, -0.05) is 15.9 Å². The van der Waals surface area contributed by atoms with Gasteiger partial charge < -0.3 is 10.4 Å². The van der Waals surface area contributed by atoms with Gasteiger partial charge in [0.05, 0.1) is 5.33 Å². The van der Waals surface area contributed by atoms with Crippen LogP contribution in [0.1, 0.15) is 0 Å². The molecule has 0 fully saturated rings. The van der Waals surface area contributed by atoms with Gasteiger partial charge in [0.15, 0.2) is 0 Å². The maximum absolute atomic E-state index is 12.2. The summed E-state index contributed by atoms with van der Waals surface area (Å²) in [6.45, 7) is 0.00671. The SMILES string of the molecule is O=C(O)NCC=C(F)CBr. The predicted octanol–water partition coefficient (Wildman–Crippen LogP) is 1.50. The van der Waals surface area contributed by atoms with Crippen molar-refractivity contribution >= 4 is 22.0 Å². The maximum Gasteiger partial charge on any atom is 0.404 e. The van der Waals surface area contributed by atoms with Crippen molar-refractivity contribution in [3.63, 3.8) is 0 Å². The van der Waals surface area contributed by atoms with Gasteiger partial charge >= 0.3 is 6.09 Å². The first-order valence-electron chi connectivity index (χ1n) is 2.54. The Morgan fingerprint density at radius 1 is 1.80 bits per heavy atom. The summed E-state index contributed by atoms with van der Waals surface area (Å²) in [4.78, 5) is 9.79. The van der Waals surface area contributed by atoms with Crippen LogP contribution in [0.5, 0.6) is 0 Å². The van der Waals surface area contributed by atoms with Crippen LogP contribution < -0.4 is 5.32 Å². The van der Waals surface area contributed by atoms with Crippen LogP contribution in [0, 0.1) is 0 Å². The molecule has 0 unspecified atom stereocenters. The van der Waals surface area contributed by atoms with Gasteiger partial charge in [-0.25, -0.2) is 9.18 Å². The quantitative estimate of drug-likeness (QED) is 0.696. The molecule has 0 aromatic rings. The van der Waals surface area contributed by atoms with Crippen molar-refractivity contribution < 1.29 is 14.3 Å². The van der Waals surface area contributed by atoms with Crippen LogP contribution in [-0.2, 0) is 0 Å². The van der Waals surface area contributed by atoms with Gasteiger partial charge in [0.1, 0.15) is 5.83 Å². The minimum atomic E-state index is -1.15. The summed E-state index contributed by atoms with van der Waals surface area (Å²) in [6, 6.07) is 0. The number of amides is 1. The Bertz CT molecular complexity index is 149. The molecular weight excluding hydrogens is 205 g/mol. The Hall–Kier alpha value is -0.580. The third kappa shape index (κ3) is 5.55. The van der Waals surface area contributed by atoms with Gasteiger partial charge in [-0.05, 0) is 6.08 Å². The Kier molecular flexibility index (Phi) is 4.92. The fraction of sp³-hybridized carbons (Fsp3) is 0.400. The largest absolute Gasteiger partial charge is 0.465 e. The van der Waals surface area contributed by atoms with E-state index in [1.54, 1.807) is 0 Å². The highest BCUT2D eigenvalue weighted by molar-refractivity contribution is 9.09. The lowest BCUT2D eigenvalue weighted by Gasteiger charge is -1.92. The first-order chi connectivity index (χ1) is 4.66. The zero-order chi connectivity index (χ0) is 7.98. The molecule has 0 atom stereocenters. The molecule has 5 heteroatoms. The highest BCUT2D eigenvalue weighted by atomic mass is 79.9. The van der Waals surface area contributed by atoms with E-state index in [2.05, 4.69) is 15.9 Å². The zero-order valence-electron chi connectivity index (χ0n) is 5.10. The van der Waals surface area contributed by atoms with Crippen molar-refractivity contribution in [1.29, 1.82) is 0 Å². The average Bonchev–Trinajstić information content (AvgIpc) is 1.87.